The minimum Gasteiger partial charge on any atom is -0.480 e. The lowest BCUT2D eigenvalue weighted by Crippen LogP contribution is -2.43. The molecule has 1 heterocycles. The normalized spacial score (nSPS) is 25.7. The monoisotopic (exact) mass is 259 g/mol. The molecule has 5 nitrogen and oxygen atoms in total. The molecular formula is C14H13NO4. The highest BCUT2D eigenvalue weighted by atomic mass is 16.4. The minimum atomic E-state index is -1.39. The van der Waals surface area contributed by atoms with Crippen molar-refractivity contribution >= 4 is 11.9 Å². The summed E-state index contributed by atoms with van der Waals surface area (Å²) in [4.78, 5) is 26.9. The van der Waals surface area contributed by atoms with Crippen molar-refractivity contribution in [2.75, 3.05) is 0 Å². The average Bonchev–Trinajstić information content (AvgIpc) is 2.39. The molecule has 2 unspecified atom stereocenters. The van der Waals surface area contributed by atoms with Crippen LogP contribution in [0.5, 0.6) is 0 Å². The van der Waals surface area contributed by atoms with Gasteiger partial charge in [0.15, 0.2) is 0 Å². The second kappa shape index (κ2) is 4.68. The number of carbonyl (C=O) groups is 2. The van der Waals surface area contributed by atoms with E-state index < -0.39 is 23.3 Å². The third kappa shape index (κ3) is 1.93. The van der Waals surface area contributed by atoms with E-state index in [1.54, 1.807) is 25.3 Å². The van der Waals surface area contributed by atoms with Gasteiger partial charge in [0.1, 0.15) is 5.41 Å². The van der Waals surface area contributed by atoms with E-state index >= 15 is 0 Å². The zero-order chi connectivity index (χ0) is 14.0. The van der Waals surface area contributed by atoms with Crippen molar-refractivity contribution in [3.05, 3.63) is 53.9 Å². The van der Waals surface area contributed by atoms with Gasteiger partial charge in [-0.25, -0.2) is 4.79 Å². The van der Waals surface area contributed by atoms with Crippen molar-refractivity contribution in [1.29, 1.82) is 0 Å². The quantitative estimate of drug-likeness (QED) is 0.861. The lowest BCUT2D eigenvalue weighted by atomic mass is 9.66. The Bertz CT molecular complexity index is 576. The Hall–Kier alpha value is -2.43. The van der Waals surface area contributed by atoms with Gasteiger partial charge in [-0.2, -0.15) is 0 Å². The molecule has 2 rings (SSSR count). The predicted octanol–water partition coefficient (Wildman–Crippen LogP) is 1.62. The van der Waals surface area contributed by atoms with Crippen LogP contribution < -0.4 is 0 Å². The van der Waals surface area contributed by atoms with Crippen molar-refractivity contribution in [3.63, 3.8) is 0 Å². The van der Waals surface area contributed by atoms with E-state index in [9.17, 15) is 14.7 Å². The zero-order valence-electron chi connectivity index (χ0n) is 10.3. The summed E-state index contributed by atoms with van der Waals surface area (Å²) in [5.41, 5.74) is -0.844. The van der Waals surface area contributed by atoms with Gasteiger partial charge in [-0.1, -0.05) is 31.2 Å². The molecule has 1 aromatic rings. The number of nitrogens with zero attached hydrogens (tertiary/aromatic N) is 1. The number of hydrogen-bond donors (Lipinski definition) is 2. The number of hydrogen-bond acceptors (Lipinski definition) is 3. The molecule has 0 spiro atoms. The van der Waals surface area contributed by atoms with E-state index in [0.29, 0.717) is 5.56 Å². The number of carboxylic acid groups (broad SMARTS) is 2. The van der Waals surface area contributed by atoms with Crippen molar-refractivity contribution in [2.45, 2.75) is 12.3 Å². The maximum atomic E-state index is 11.8. The van der Waals surface area contributed by atoms with Crippen LogP contribution in [0.25, 0.3) is 0 Å². The highest BCUT2D eigenvalue weighted by molar-refractivity contribution is 5.93. The number of carboxylic acids is 2. The van der Waals surface area contributed by atoms with Crippen LogP contribution in [0.1, 0.15) is 12.5 Å². The Balaban J connectivity index is 2.61. The van der Waals surface area contributed by atoms with Crippen molar-refractivity contribution in [2.24, 2.45) is 5.92 Å². The molecule has 0 saturated carbocycles. The van der Waals surface area contributed by atoms with Gasteiger partial charge in [-0.3, -0.25) is 9.78 Å². The number of allylic oxidation sites excluding steroid dienone is 2. The van der Waals surface area contributed by atoms with Gasteiger partial charge in [-0.05, 0) is 11.6 Å². The van der Waals surface area contributed by atoms with Gasteiger partial charge in [0.25, 0.3) is 0 Å². The molecule has 19 heavy (non-hydrogen) atoms. The molecular weight excluding hydrogens is 246 g/mol. The molecule has 1 aromatic heterocycles. The summed E-state index contributed by atoms with van der Waals surface area (Å²) in [6.07, 6.45) is 7.43. The molecule has 0 aliphatic heterocycles. The lowest BCUT2D eigenvalue weighted by molar-refractivity contribution is -0.143. The summed E-state index contributed by atoms with van der Waals surface area (Å²) in [5.74, 6) is -2.88. The second-order valence-corrected chi connectivity index (χ2v) is 4.42. The van der Waals surface area contributed by atoms with Crippen LogP contribution in [-0.2, 0) is 15.0 Å². The molecule has 1 aliphatic rings. The van der Waals surface area contributed by atoms with Crippen molar-refractivity contribution < 1.29 is 19.8 Å². The van der Waals surface area contributed by atoms with Gasteiger partial charge < -0.3 is 10.2 Å². The Morgan fingerprint density at radius 2 is 2.11 bits per heavy atom. The zero-order valence-corrected chi connectivity index (χ0v) is 10.3. The second-order valence-electron chi connectivity index (χ2n) is 4.42. The van der Waals surface area contributed by atoms with Crippen molar-refractivity contribution in [3.8, 4) is 0 Å². The average molecular weight is 259 g/mol. The fourth-order valence-electron chi connectivity index (χ4n) is 2.43. The molecule has 2 N–H and O–H groups in total. The van der Waals surface area contributed by atoms with E-state index in [-0.39, 0.29) is 5.57 Å². The van der Waals surface area contributed by atoms with Gasteiger partial charge in [0.05, 0.1) is 0 Å². The first-order valence-corrected chi connectivity index (χ1v) is 5.76. The smallest absolute Gasteiger partial charge is 0.331 e. The number of rotatable bonds is 3. The van der Waals surface area contributed by atoms with E-state index in [1.807, 2.05) is 0 Å². The van der Waals surface area contributed by atoms with Gasteiger partial charge in [-0.15, -0.1) is 0 Å². The van der Waals surface area contributed by atoms with E-state index in [0.717, 1.165) is 0 Å². The van der Waals surface area contributed by atoms with Crippen LogP contribution >= 0.6 is 0 Å². The van der Waals surface area contributed by atoms with Crippen LogP contribution in [0, 0.1) is 5.92 Å². The Labute approximate surface area is 109 Å². The first-order chi connectivity index (χ1) is 9.00. The van der Waals surface area contributed by atoms with E-state index in [1.165, 1.54) is 24.4 Å². The van der Waals surface area contributed by atoms with Gasteiger partial charge >= 0.3 is 11.9 Å². The number of aromatic nitrogens is 1. The fourth-order valence-corrected chi connectivity index (χ4v) is 2.43. The van der Waals surface area contributed by atoms with Crippen LogP contribution in [-0.4, -0.2) is 27.1 Å². The third-order valence-corrected chi connectivity index (χ3v) is 3.52. The molecule has 0 aromatic carbocycles. The van der Waals surface area contributed by atoms with Crippen LogP contribution in [0.3, 0.4) is 0 Å². The molecule has 5 heteroatoms. The number of aliphatic carboxylic acids is 2. The van der Waals surface area contributed by atoms with E-state index in [2.05, 4.69) is 4.98 Å². The van der Waals surface area contributed by atoms with Crippen LogP contribution in [0.4, 0.5) is 0 Å². The summed E-state index contributed by atoms with van der Waals surface area (Å²) in [6, 6.07) is 3.28. The van der Waals surface area contributed by atoms with Gasteiger partial charge in [0, 0.05) is 23.9 Å². The van der Waals surface area contributed by atoms with E-state index in [4.69, 9.17) is 5.11 Å². The maximum absolute atomic E-state index is 11.8. The molecule has 0 radical (unpaired) electrons. The summed E-state index contributed by atoms with van der Waals surface area (Å²) in [5, 5.41) is 18.8. The molecule has 0 saturated heterocycles. The molecule has 0 amide bonds. The molecule has 0 bridgehead atoms. The summed E-state index contributed by atoms with van der Waals surface area (Å²) in [7, 11) is 0. The summed E-state index contributed by atoms with van der Waals surface area (Å²) < 4.78 is 0. The minimum absolute atomic E-state index is 0.0775. The Morgan fingerprint density at radius 1 is 1.37 bits per heavy atom. The highest BCUT2D eigenvalue weighted by Crippen LogP contribution is 2.40. The first-order valence-electron chi connectivity index (χ1n) is 5.76. The first kappa shape index (κ1) is 13.0. The van der Waals surface area contributed by atoms with Crippen LogP contribution in [0.15, 0.2) is 48.3 Å². The molecule has 98 valence electrons. The topological polar surface area (TPSA) is 87.5 Å². The summed E-state index contributed by atoms with van der Waals surface area (Å²) >= 11 is 0. The van der Waals surface area contributed by atoms with Crippen molar-refractivity contribution in [1.82, 2.24) is 4.98 Å². The number of pyridine rings is 1. The van der Waals surface area contributed by atoms with Gasteiger partial charge in [0.2, 0.25) is 0 Å². The lowest BCUT2D eigenvalue weighted by Gasteiger charge is -2.35. The molecule has 0 fully saturated rings. The largest absolute Gasteiger partial charge is 0.480 e. The molecule has 1 aliphatic carbocycles. The predicted molar refractivity (Wildman–Crippen MR) is 67.6 cm³/mol. The van der Waals surface area contributed by atoms with Crippen LogP contribution in [0.2, 0.25) is 0 Å². The Morgan fingerprint density at radius 3 is 2.63 bits per heavy atom. The standard InChI is InChI=1S/C14H13NO4/c1-9-11(12(16)17)5-2-6-14(9,13(18)19)10-4-3-7-15-8-10/h2-9H,1H3,(H,16,17)(H,18,19). The summed E-state index contributed by atoms with van der Waals surface area (Å²) in [6.45, 7) is 1.60. The SMILES string of the molecule is CC1C(C(=O)O)=CC=CC1(C(=O)O)c1cccnc1. The Kier molecular flexibility index (Phi) is 3.21. The highest BCUT2D eigenvalue weighted by Gasteiger charge is 2.47. The molecule has 2 atom stereocenters. The maximum Gasteiger partial charge on any atom is 0.331 e. The third-order valence-electron chi connectivity index (χ3n) is 3.52. The fraction of sp³-hybridized carbons (Fsp3) is 0.214.